The van der Waals surface area contributed by atoms with Crippen molar-refractivity contribution in [2.24, 2.45) is 5.10 Å². The van der Waals surface area contributed by atoms with Gasteiger partial charge in [-0.2, -0.15) is 10.1 Å². The van der Waals surface area contributed by atoms with Crippen molar-refractivity contribution in [3.63, 3.8) is 0 Å². The number of hydrogen-bond acceptors (Lipinski definition) is 4. The Bertz CT molecular complexity index is 567. The van der Waals surface area contributed by atoms with Gasteiger partial charge in [-0.15, -0.1) is 5.01 Å². The number of benzene rings is 1. The fourth-order valence-electron chi connectivity index (χ4n) is 1.66. The molecule has 5 nitrogen and oxygen atoms in total. The zero-order chi connectivity index (χ0) is 11.1. The van der Waals surface area contributed by atoms with Gasteiger partial charge in [-0.05, 0) is 19.1 Å². The summed E-state index contributed by atoms with van der Waals surface area (Å²) in [5.41, 5.74) is 2.15. The van der Waals surface area contributed by atoms with Crippen molar-refractivity contribution in [2.45, 2.75) is 13.3 Å². The van der Waals surface area contributed by atoms with Crippen molar-refractivity contribution in [3.8, 4) is 0 Å². The van der Waals surface area contributed by atoms with Crippen LogP contribution in [-0.4, -0.2) is 16.6 Å². The van der Waals surface area contributed by atoms with E-state index in [0.717, 1.165) is 11.2 Å². The van der Waals surface area contributed by atoms with Crippen LogP contribution in [0.25, 0.3) is 11.1 Å². The topological polar surface area (TPSA) is 58.7 Å². The predicted molar refractivity (Wildman–Crippen MR) is 59.2 cm³/mol. The lowest BCUT2D eigenvalue weighted by atomic mass is 10.3. The molecule has 0 fully saturated rings. The quantitative estimate of drug-likeness (QED) is 0.730. The molecule has 0 radical (unpaired) electrons. The number of rotatable bonds is 1. The third-order valence-corrected chi connectivity index (χ3v) is 2.38. The van der Waals surface area contributed by atoms with Crippen LogP contribution < -0.4 is 5.01 Å². The van der Waals surface area contributed by atoms with Crippen LogP contribution in [0.1, 0.15) is 13.3 Å². The highest BCUT2D eigenvalue weighted by Gasteiger charge is 2.26. The predicted octanol–water partition coefficient (Wildman–Crippen LogP) is 1.94. The summed E-state index contributed by atoms with van der Waals surface area (Å²) in [7, 11) is 0. The highest BCUT2D eigenvalue weighted by molar-refractivity contribution is 6.11. The number of carbonyl (C=O) groups excluding carboxylic acids is 1. The molecule has 1 aliphatic rings. The first-order valence-electron chi connectivity index (χ1n) is 4.96. The van der Waals surface area contributed by atoms with E-state index in [1.807, 2.05) is 24.3 Å². The Balaban J connectivity index is 2.09. The molecule has 0 saturated heterocycles. The zero-order valence-electron chi connectivity index (χ0n) is 8.67. The van der Waals surface area contributed by atoms with E-state index in [1.54, 1.807) is 6.92 Å². The normalized spacial score (nSPS) is 15.9. The first kappa shape index (κ1) is 9.08. The van der Waals surface area contributed by atoms with Crippen molar-refractivity contribution in [2.75, 3.05) is 5.01 Å². The maximum atomic E-state index is 11.6. The molecule has 0 saturated carbocycles. The summed E-state index contributed by atoms with van der Waals surface area (Å²) in [6.45, 7) is 1.81. The second kappa shape index (κ2) is 3.16. The number of hydrogen-bond donors (Lipinski definition) is 0. The lowest BCUT2D eigenvalue weighted by Gasteiger charge is -2.03. The van der Waals surface area contributed by atoms with Crippen molar-refractivity contribution in [1.29, 1.82) is 0 Å². The van der Waals surface area contributed by atoms with Gasteiger partial charge in [0.25, 0.3) is 5.91 Å². The van der Waals surface area contributed by atoms with Crippen LogP contribution in [0.4, 0.5) is 6.01 Å². The van der Waals surface area contributed by atoms with Gasteiger partial charge in [-0.3, -0.25) is 4.79 Å². The van der Waals surface area contributed by atoms with E-state index in [1.165, 1.54) is 5.01 Å². The number of aromatic nitrogens is 1. The van der Waals surface area contributed by atoms with Gasteiger partial charge in [0, 0.05) is 5.71 Å². The highest BCUT2D eigenvalue weighted by atomic mass is 16.4. The number of fused-ring (bicyclic) bond motifs is 1. The van der Waals surface area contributed by atoms with E-state index < -0.39 is 0 Å². The van der Waals surface area contributed by atoms with Crippen LogP contribution in [-0.2, 0) is 4.79 Å². The van der Waals surface area contributed by atoms with E-state index >= 15 is 0 Å². The highest BCUT2D eigenvalue weighted by Crippen LogP contribution is 2.24. The minimum absolute atomic E-state index is 0.107. The minimum atomic E-state index is -0.107. The van der Waals surface area contributed by atoms with Gasteiger partial charge < -0.3 is 4.42 Å². The summed E-state index contributed by atoms with van der Waals surface area (Å²) < 4.78 is 5.46. The molecule has 1 aliphatic heterocycles. The molecule has 2 aromatic rings. The molecule has 1 amide bonds. The molecular formula is C11H9N3O2. The average molecular weight is 215 g/mol. The third kappa shape index (κ3) is 1.29. The van der Waals surface area contributed by atoms with E-state index in [0.29, 0.717) is 12.0 Å². The molecular weight excluding hydrogens is 206 g/mol. The van der Waals surface area contributed by atoms with Crippen LogP contribution in [0, 0.1) is 0 Å². The van der Waals surface area contributed by atoms with Crippen LogP contribution in [0.3, 0.4) is 0 Å². The minimum Gasteiger partial charge on any atom is -0.422 e. The molecule has 0 spiro atoms. The zero-order valence-corrected chi connectivity index (χ0v) is 8.67. The molecule has 5 heteroatoms. The third-order valence-electron chi connectivity index (χ3n) is 2.38. The molecule has 2 heterocycles. The molecule has 1 aromatic carbocycles. The Labute approximate surface area is 91.4 Å². The molecule has 80 valence electrons. The van der Waals surface area contributed by atoms with Gasteiger partial charge in [0.05, 0.1) is 6.42 Å². The molecule has 3 rings (SSSR count). The number of anilines is 1. The molecule has 0 atom stereocenters. The fourth-order valence-corrected chi connectivity index (χ4v) is 1.66. The molecule has 0 bridgehead atoms. The lowest BCUT2D eigenvalue weighted by Crippen LogP contribution is -2.19. The summed E-state index contributed by atoms with van der Waals surface area (Å²) >= 11 is 0. The molecule has 0 N–H and O–H groups in total. The maximum absolute atomic E-state index is 11.6. The summed E-state index contributed by atoms with van der Waals surface area (Å²) in [5.74, 6) is -0.107. The monoisotopic (exact) mass is 215 g/mol. The SMILES string of the molecule is CC1=NN(c2nc3ccccc3o2)C(=O)C1. The van der Waals surface area contributed by atoms with Gasteiger partial charge in [0.15, 0.2) is 5.58 Å². The van der Waals surface area contributed by atoms with Crippen molar-refractivity contribution >= 4 is 28.7 Å². The Morgan fingerprint density at radius 2 is 2.19 bits per heavy atom. The summed E-state index contributed by atoms with van der Waals surface area (Å²) in [6, 6.07) is 7.61. The van der Waals surface area contributed by atoms with E-state index in [9.17, 15) is 4.79 Å². The summed E-state index contributed by atoms with van der Waals surface area (Å²) in [5, 5.41) is 5.30. The van der Waals surface area contributed by atoms with Crippen LogP contribution in [0.5, 0.6) is 0 Å². The maximum Gasteiger partial charge on any atom is 0.327 e. The van der Waals surface area contributed by atoms with E-state index in [4.69, 9.17) is 4.42 Å². The van der Waals surface area contributed by atoms with Gasteiger partial charge in [-0.1, -0.05) is 12.1 Å². The Kier molecular flexibility index (Phi) is 1.80. The molecule has 1 aromatic heterocycles. The van der Waals surface area contributed by atoms with Crippen LogP contribution >= 0.6 is 0 Å². The Hall–Kier alpha value is -2.17. The number of amides is 1. The number of oxazole rings is 1. The molecule has 0 aliphatic carbocycles. The number of carbonyl (C=O) groups is 1. The van der Waals surface area contributed by atoms with Gasteiger partial charge in [-0.25, -0.2) is 0 Å². The largest absolute Gasteiger partial charge is 0.422 e. The second-order valence-electron chi connectivity index (χ2n) is 3.68. The van der Waals surface area contributed by atoms with Crippen LogP contribution in [0.15, 0.2) is 33.8 Å². The van der Waals surface area contributed by atoms with Crippen molar-refractivity contribution < 1.29 is 9.21 Å². The van der Waals surface area contributed by atoms with E-state index in [-0.39, 0.29) is 11.9 Å². The first-order chi connectivity index (χ1) is 7.74. The standard InChI is InChI=1S/C11H9N3O2/c1-7-6-10(15)14(13-7)11-12-8-4-2-3-5-9(8)16-11/h2-5H,6H2,1H3. The number of para-hydroxylation sites is 2. The Morgan fingerprint density at radius 3 is 2.88 bits per heavy atom. The van der Waals surface area contributed by atoms with Crippen LogP contribution in [0.2, 0.25) is 0 Å². The molecule has 0 unspecified atom stereocenters. The lowest BCUT2D eigenvalue weighted by molar-refractivity contribution is -0.117. The van der Waals surface area contributed by atoms with Crippen molar-refractivity contribution in [1.82, 2.24) is 4.98 Å². The molecule has 16 heavy (non-hydrogen) atoms. The van der Waals surface area contributed by atoms with Gasteiger partial charge >= 0.3 is 6.01 Å². The second-order valence-corrected chi connectivity index (χ2v) is 3.68. The number of hydrazone groups is 1. The number of nitrogens with zero attached hydrogens (tertiary/aromatic N) is 3. The summed E-state index contributed by atoms with van der Waals surface area (Å²) in [4.78, 5) is 15.8. The van der Waals surface area contributed by atoms with Crippen molar-refractivity contribution in [3.05, 3.63) is 24.3 Å². The smallest absolute Gasteiger partial charge is 0.327 e. The summed E-state index contributed by atoms with van der Waals surface area (Å²) in [6.07, 6.45) is 0.332. The Morgan fingerprint density at radius 1 is 1.38 bits per heavy atom. The fraction of sp³-hybridized carbons (Fsp3) is 0.182. The van der Waals surface area contributed by atoms with Gasteiger partial charge in [0.2, 0.25) is 0 Å². The van der Waals surface area contributed by atoms with Gasteiger partial charge in [0.1, 0.15) is 5.52 Å². The first-order valence-corrected chi connectivity index (χ1v) is 4.96. The average Bonchev–Trinajstić information content (AvgIpc) is 2.81. The van der Waals surface area contributed by atoms with E-state index in [2.05, 4.69) is 10.1 Å².